The summed E-state index contributed by atoms with van der Waals surface area (Å²) in [4.78, 5) is 12.5. The van der Waals surface area contributed by atoms with Gasteiger partial charge in [0.15, 0.2) is 5.78 Å². The van der Waals surface area contributed by atoms with Crippen LogP contribution in [0.5, 0.6) is 11.5 Å². The molecule has 4 heteroatoms. The standard InChI is InChI=1S/C16H15ClO3/c1-3-20-13-6-4-5-11(9-13)16(18)14-10-12(17)7-8-15(14)19-2/h4-10H,3H2,1-2H3. The van der Waals surface area contributed by atoms with E-state index in [1.807, 2.05) is 13.0 Å². The van der Waals surface area contributed by atoms with E-state index >= 15 is 0 Å². The van der Waals surface area contributed by atoms with Crippen LogP contribution in [0.2, 0.25) is 5.02 Å². The normalized spacial score (nSPS) is 10.2. The summed E-state index contributed by atoms with van der Waals surface area (Å²) in [6, 6.07) is 12.0. The number of methoxy groups -OCH3 is 1. The summed E-state index contributed by atoms with van der Waals surface area (Å²) in [6.45, 7) is 2.45. The van der Waals surface area contributed by atoms with Crippen molar-refractivity contribution in [2.45, 2.75) is 6.92 Å². The van der Waals surface area contributed by atoms with Gasteiger partial charge in [0, 0.05) is 10.6 Å². The number of benzene rings is 2. The molecule has 0 aliphatic rings. The molecule has 0 N–H and O–H groups in total. The second-order valence-electron chi connectivity index (χ2n) is 4.13. The minimum Gasteiger partial charge on any atom is -0.496 e. The van der Waals surface area contributed by atoms with E-state index in [1.165, 1.54) is 7.11 Å². The minimum absolute atomic E-state index is 0.147. The highest BCUT2D eigenvalue weighted by Gasteiger charge is 2.15. The molecule has 104 valence electrons. The summed E-state index contributed by atoms with van der Waals surface area (Å²) < 4.78 is 10.6. The lowest BCUT2D eigenvalue weighted by molar-refractivity contribution is 0.103. The van der Waals surface area contributed by atoms with E-state index in [2.05, 4.69) is 0 Å². The van der Waals surface area contributed by atoms with Gasteiger partial charge in [-0.3, -0.25) is 4.79 Å². The third kappa shape index (κ3) is 3.11. The number of ether oxygens (including phenoxy) is 2. The highest BCUT2D eigenvalue weighted by molar-refractivity contribution is 6.31. The van der Waals surface area contributed by atoms with Crippen LogP contribution in [0.25, 0.3) is 0 Å². The number of ketones is 1. The first-order chi connectivity index (χ1) is 9.65. The molecule has 2 aromatic rings. The molecule has 0 fully saturated rings. The third-order valence-electron chi connectivity index (χ3n) is 2.81. The average molecular weight is 291 g/mol. The fourth-order valence-corrected chi connectivity index (χ4v) is 2.08. The average Bonchev–Trinajstić information content (AvgIpc) is 2.47. The first kappa shape index (κ1) is 14.4. The highest BCUT2D eigenvalue weighted by Crippen LogP contribution is 2.26. The summed E-state index contributed by atoms with van der Waals surface area (Å²) >= 11 is 5.95. The van der Waals surface area contributed by atoms with E-state index in [0.717, 1.165) is 0 Å². The van der Waals surface area contributed by atoms with Gasteiger partial charge in [0.05, 0.1) is 19.3 Å². The maximum absolute atomic E-state index is 12.5. The van der Waals surface area contributed by atoms with Crippen LogP contribution < -0.4 is 9.47 Å². The lowest BCUT2D eigenvalue weighted by Gasteiger charge is -2.09. The van der Waals surface area contributed by atoms with Gasteiger partial charge in [-0.25, -0.2) is 0 Å². The molecule has 0 atom stereocenters. The van der Waals surface area contributed by atoms with Crippen LogP contribution in [0.1, 0.15) is 22.8 Å². The van der Waals surface area contributed by atoms with Gasteiger partial charge < -0.3 is 9.47 Å². The summed E-state index contributed by atoms with van der Waals surface area (Å²) in [5, 5.41) is 0.495. The van der Waals surface area contributed by atoms with Crippen molar-refractivity contribution in [3.63, 3.8) is 0 Å². The second kappa shape index (κ2) is 6.44. The molecule has 20 heavy (non-hydrogen) atoms. The van der Waals surface area contributed by atoms with Crippen molar-refractivity contribution in [1.82, 2.24) is 0 Å². The topological polar surface area (TPSA) is 35.5 Å². The Bertz CT molecular complexity index is 623. The molecule has 0 aliphatic heterocycles. The molecule has 0 amide bonds. The number of carbonyl (C=O) groups excluding carboxylic acids is 1. The van der Waals surface area contributed by atoms with Crippen LogP contribution in [-0.2, 0) is 0 Å². The predicted molar refractivity (Wildman–Crippen MR) is 79.0 cm³/mol. The zero-order chi connectivity index (χ0) is 14.5. The smallest absolute Gasteiger partial charge is 0.196 e. The molecule has 3 nitrogen and oxygen atoms in total. The van der Waals surface area contributed by atoms with Gasteiger partial charge in [-0.05, 0) is 37.3 Å². The van der Waals surface area contributed by atoms with Crippen molar-refractivity contribution in [3.8, 4) is 11.5 Å². The number of hydrogen-bond donors (Lipinski definition) is 0. The molecule has 0 radical (unpaired) electrons. The van der Waals surface area contributed by atoms with E-state index < -0.39 is 0 Å². The van der Waals surface area contributed by atoms with Gasteiger partial charge in [-0.15, -0.1) is 0 Å². The molecule has 2 rings (SSSR count). The molecular formula is C16H15ClO3. The molecule has 0 aliphatic carbocycles. The maximum atomic E-state index is 12.5. The van der Waals surface area contributed by atoms with Gasteiger partial charge in [-0.1, -0.05) is 23.7 Å². The quantitative estimate of drug-likeness (QED) is 0.781. The number of halogens is 1. The largest absolute Gasteiger partial charge is 0.496 e. The van der Waals surface area contributed by atoms with Crippen LogP contribution in [-0.4, -0.2) is 19.5 Å². The summed E-state index contributed by atoms with van der Waals surface area (Å²) in [5.41, 5.74) is 0.977. The Labute approximate surface area is 123 Å². The monoisotopic (exact) mass is 290 g/mol. The Morgan fingerprint density at radius 3 is 2.70 bits per heavy atom. The van der Waals surface area contributed by atoms with Crippen LogP contribution in [0.15, 0.2) is 42.5 Å². The molecule has 0 spiro atoms. The molecule has 2 aromatic carbocycles. The third-order valence-corrected chi connectivity index (χ3v) is 3.05. The van der Waals surface area contributed by atoms with Gasteiger partial charge in [0.25, 0.3) is 0 Å². The number of carbonyl (C=O) groups is 1. The lowest BCUT2D eigenvalue weighted by atomic mass is 10.0. The SMILES string of the molecule is CCOc1cccc(C(=O)c2cc(Cl)ccc2OC)c1. The van der Waals surface area contributed by atoms with Gasteiger partial charge >= 0.3 is 0 Å². The fraction of sp³-hybridized carbons (Fsp3) is 0.188. The van der Waals surface area contributed by atoms with Crippen molar-refractivity contribution >= 4 is 17.4 Å². The zero-order valence-corrected chi connectivity index (χ0v) is 12.1. The Kier molecular flexibility index (Phi) is 4.64. The van der Waals surface area contributed by atoms with Gasteiger partial charge in [-0.2, -0.15) is 0 Å². The first-order valence-corrected chi connectivity index (χ1v) is 6.64. The molecule has 0 aromatic heterocycles. The van der Waals surface area contributed by atoms with E-state index in [0.29, 0.717) is 34.3 Å². The number of hydrogen-bond acceptors (Lipinski definition) is 3. The summed E-state index contributed by atoms with van der Waals surface area (Å²) in [6.07, 6.45) is 0. The lowest BCUT2D eigenvalue weighted by Crippen LogP contribution is -2.04. The second-order valence-corrected chi connectivity index (χ2v) is 4.57. The minimum atomic E-state index is -0.147. The van der Waals surface area contributed by atoms with Crippen molar-refractivity contribution in [2.75, 3.05) is 13.7 Å². The molecule has 0 saturated carbocycles. The first-order valence-electron chi connectivity index (χ1n) is 6.26. The Morgan fingerprint density at radius 2 is 2.00 bits per heavy atom. The molecule has 0 unspecified atom stereocenters. The van der Waals surface area contributed by atoms with E-state index in [4.69, 9.17) is 21.1 Å². The predicted octanol–water partition coefficient (Wildman–Crippen LogP) is 3.98. The van der Waals surface area contributed by atoms with Crippen LogP contribution in [0, 0.1) is 0 Å². The van der Waals surface area contributed by atoms with E-state index in [-0.39, 0.29) is 5.78 Å². The summed E-state index contributed by atoms with van der Waals surface area (Å²) in [5.74, 6) is 1.02. The maximum Gasteiger partial charge on any atom is 0.196 e. The Hall–Kier alpha value is -2.00. The van der Waals surface area contributed by atoms with Gasteiger partial charge in [0.2, 0.25) is 0 Å². The molecule has 0 heterocycles. The zero-order valence-electron chi connectivity index (χ0n) is 11.4. The molecule has 0 saturated heterocycles. The van der Waals surface area contributed by atoms with Crippen LogP contribution in [0.3, 0.4) is 0 Å². The molecule has 0 bridgehead atoms. The molecular weight excluding hydrogens is 276 g/mol. The van der Waals surface area contributed by atoms with E-state index in [9.17, 15) is 4.79 Å². The van der Waals surface area contributed by atoms with Crippen molar-refractivity contribution in [3.05, 3.63) is 58.6 Å². The fourth-order valence-electron chi connectivity index (χ4n) is 1.91. The van der Waals surface area contributed by atoms with Crippen LogP contribution in [0.4, 0.5) is 0 Å². The van der Waals surface area contributed by atoms with Crippen molar-refractivity contribution in [1.29, 1.82) is 0 Å². The highest BCUT2D eigenvalue weighted by atomic mass is 35.5. The Balaban J connectivity index is 2.40. The van der Waals surface area contributed by atoms with Crippen molar-refractivity contribution in [2.24, 2.45) is 0 Å². The van der Waals surface area contributed by atoms with Crippen LogP contribution >= 0.6 is 11.6 Å². The summed E-state index contributed by atoms with van der Waals surface area (Å²) in [7, 11) is 1.52. The van der Waals surface area contributed by atoms with Gasteiger partial charge in [0.1, 0.15) is 11.5 Å². The van der Waals surface area contributed by atoms with Crippen molar-refractivity contribution < 1.29 is 14.3 Å². The van der Waals surface area contributed by atoms with E-state index in [1.54, 1.807) is 36.4 Å². The Morgan fingerprint density at radius 1 is 1.20 bits per heavy atom. The number of rotatable bonds is 5.